The molecule has 202 valence electrons. The van der Waals surface area contributed by atoms with Crippen molar-refractivity contribution < 1.29 is 19.1 Å². The Kier molecular flexibility index (Phi) is 8.91. The van der Waals surface area contributed by atoms with Gasteiger partial charge in [-0.15, -0.1) is 10.2 Å². The van der Waals surface area contributed by atoms with Crippen molar-refractivity contribution in [1.82, 2.24) is 30.8 Å². The Labute approximate surface area is 236 Å². The number of H-pyrrole nitrogens is 2. The van der Waals surface area contributed by atoms with E-state index in [-0.39, 0.29) is 23.3 Å². The van der Waals surface area contributed by atoms with E-state index in [1.54, 1.807) is 67.0 Å². The molecular formula is C26H22N8O4S2. The third kappa shape index (κ3) is 8.09. The number of hydrogen-bond donors (Lipinski definition) is 4. The molecular weight excluding hydrogens is 552 g/mol. The first kappa shape index (κ1) is 26.8. The molecule has 0 atom stereocenters. The number of ether oxygens (including phenoxy) is 2. The van der Waals surface area contributed by atoms with Crippen LogP contribution in [0.25, 0.3) is 0 Å². The van der Waals surface area contributed by atoms with E-state index in [0.717, 1.165) is 0 Å². The maximum absolute atomic E-state index is 12.1. The highest BCUT2D eigenvalue weighted by atomic mass is 32.2. The van der Waals surface area contributed by atoms with Crippen molar-refractivity contribution >= 4 is 46.7 Å². The van der Waals surface area contributed by atoms with E-state index in [1.165, 1.54) is 23.5 Å². The lowest BCUT2D eigenvalue weighted by molar-refractivity contribution is -0.114. The van der Waals surface area contributed by atoms with Gasteiger partial charge in [-0.05, 0) is 60.7 Å². The number of rotatable bonds is 12. The highest BCUT2D eigenvalue weighted by Gasteiger charge is 2.08. The quantitative estimate of drug-likeness (QED) is 0.150. The molecule has 0 aliphatic heterocycles. The topological polar surface area (TPSA) is 160 Å². The molecule has 5 aromatic rings. The minimum atomic E-state index is -0.149. The van der Waals surface area contributed by atoms with Crippen LogP contribution in [-0.2, 0) is 9.59 Å². The molecule has 40 heavy (non-hydrogen) atoms. The summed E-state index contributed by atoms with van der Waals surface area (Å²) in [5.41, 5.74) is 1.31. The van der Waals surface area contributed by atoms with Crippen molar-refractivity contribution in [3.05, 3.63) is 85.2 Å². The second-order valence-corrected chi connectivity index (χ2v) is 10.0. The van der Waals surface area contributed by atoms with Gasteiger partial charge < -0.3 is 20.1 Å². The Morgan fingerprint density at radius 2 is 1.10 bits per heavy atom. The Hall–Kier alpha value is -4.82. The van der Waals surface area contributed by atoms with Gasteiger partial charge in [0.25, 0.3) is 0 Å². The van der Waals surface area contributed by atoms with Crippen molar-refractivity contribution in [1.29, 1.82) is 0 Å². The van der Waals surface area contributed by atoms with E-state index in [0.29, 0.717) is 44.4 Å². The van der Waals surface area contributed by atoms with Gasteiger partial charge in [0.2, 0.25) is 11.8 Å². The summed E-state index contributed by atoms with van der Waals surface area (Å²) in [6.45, 7) is 0. The highest BCUT2D eigenvalue weighted by Crippen LogP contribution is 2.29. The maximum atomic E-state index is 12.1. The SMILES string of the molecule is O=C(CSc1cn[nH]n1)Nc1ccc(Oc2cccc(Oc3ccc(NC(=O)CSc4cn[nH]n4)cc3)c2)cc1. The summed E-state index contributed by atoms with van der Waals surface area (Å²) in [7, 11) is 0. The lowest BCUT2D eigenvalue weighted by atomic mass is 10.2. The number of carbonyl (C=O) groups excluding carboxylic acids is 2. The molecule has 0 saturated heterocycles. The van der Waals surface area contributed by atoms with E-state index < -0.39 is 0 Å². The molecule has 0 unspecified atom stereocenters. The number of aromatic amines is 2. The van der Waals surface area contributed by atoms with Crippen LogP contribution in [0.15, 0.2) is 95.2 Å². The first-order valence-corrected chi connectivity index (χ1v) is 13.8. The second-order valence-electron chi connectivity index (χ2n) is 8.02. The number of amides is 2. The fourth-order valence-electron chi connectivity index (χ4n) is 3.28. The average molecular weight is 575 g/mol. The number of thioether (sulfide) groups is 2. The zero-order valence-electron chi connectivity index (χ0n) is 20.7. The lowest BCUT2D eigenvalue weighted by Gasteiger charge is -2.11. The van der Waals surface area contributed by atoms with E-state index in [2.05, 4.69) is 41.5 Å². The fraction of sp³-hybridized carbons (Fsp3) is 0.0769. The first-order chi connectivity index (χ1) is 19.6. The Morgan fingerprint density at radius 1 is 0.650 bits per heavy atom. The largest absolute Gasteiger partial charge is 0.457 e. The number of anilines is 2. The molecule has 4 N–H and O–H groups in total. The van der Waals surface area contributed by atoms with Gasteiger partial charge in [0.05, 0.1) is 23.9 Å². The third-order valence-electron chi connectivity index (χ3n) is 5.04. The van der Waals surface area contributed by atoms with Gasteiger partial charge in [0, 0.05) is 17.4 Å². The Morgan fingerprint density at radius 3 is 1.50 bits per heavy atom. The van der Waals surface area contributed by atoms with E-state index in [9.17, 15) is 9.59 Å². The predicted molar refractivity (Wildman–Crippen MR) is 151 cm³/mol. The van der Waals surface area contributed by atoms with Crippen molar-refractivity contribution in [3.8, 4) is 23.0 Å². The monoisotopic (exact) mass is 574 g/mol. The summed E-state index contributed by atoms with van der Waals surface area (Å²) in [4.78, 5) is 24.3. The van der Waals surface area contributed by atoms with Crippen LogP contribution in [0.4, 0.5) is 11.4 Å². The van der Waals surface area contributed by atoms with Crippen LogP contribution in [0.2, 0.25) is 0 Å². The summed E-state index contributed by atoms with van der Waals surface area (Å²) in [5.74, 6) is 2.53. The minimum absolute atomic E-state index is 0.149. The van der Waals surface area contributed by atoms with Gasteiger partial charge >= 0.3 is 0 Å². The molecule has 0 aliphatic carbocycles. The van der Waals surface area contributed by atoms with Crippen molar-refractivity contribution in [2.75, 3.05) is 22.1 Å². The fourth-order valence-corrected chi connectivity index (χ4v) is 4.45. The lowest BCUT2D eigenvalue weighted by Crippen LogP contribution is -2.13. The van der Waals surface area contributed by atoms with E-state index in [1.807, 2.05) is 18.2 Å². The summed E-state index contributed by atoms with van der Waals surface area (Å²) < 4.78 is 11.9. The van der Waals surface area contributed by atoms with E-state index in [4.69, 9.17) is 9.47 Å². The van der Waals surface area contributed by atoms with Crippen molar-refractivity contribution in [3.63, 3.8) is 0 Å². The standard InChI is InChI=1S/C26H22N8O4S2/c35-23(15-39-25-13-27-33-31-25)29-17-4-8-19(9-5-17)37-21-2-1-3-22(12-21)38-20-10-6-18(7-11-20)30-24(36)16-40-26-14-28-34-32-26/h1-14H,15-16H2,(H,29,35)(H,30,36)(H,27,31,33)(H,28,32,34). The molecule has 2 aromatic heterocycles. The van der Waals surface area contributed by atoms with Crippen LogP contribution in [0.3, 0.4) is 0 Å². The number of hydrogen-bond acceptors (Lipinski definition) is 10. The average Bonchev–Trinajstić information content (AvgIpc) is 3.68. The molecule has 5 rings (SSSR count). The van der Waals surface area contributed by atoms with Crippen LogP contribution in [0, 0.1) is 0 Å². The molecule has 0 spiro atoms. The molecule has 0 saturated carbocycles. The van der Waals surface area contributed by atoms with Crippen LogP contribution < -0.4 is 20.1 Å². The summed E-state index contributed by atoms with van der Waals surface area (Å²) in [6, 6.07) is 21.4. The minimum Gasteiger partial charge on any atom is -0.457 e. The van der Waals surface area contributed by atoms with Gasteiger partial charge in [-0.25, -0.2) is 0 Å². The molecule has 14 heteroatoms. The Balaban J connectivity index is 1.09. The first-order valence-electron chi connectivity index (χ1n) is 11.8. The summed E-state index contributed by atoms with van der Waals surface area (Å²) in [6.07, 6.45) is 3.12. The zero-order chi connectivity index (χ0) is 27.6. The molecule has 3 aromatic carbocycles. The molecule has 0 bridgehead atoms. The van der Waals surface area contributed by atoms with Gasteiger partial charge in [0.15, 0.2) is 0 Å². The normalized spacial score (nSPS) is 10.6. The van der Waals surface area contributed by atoms with Crippen LogP contribution in [0.1, 0.15) is 0 Å². The second kappa shape index (κ2) is 13.3. The van der Waals surface area contributed by atoms with Gasteiger partial charge in [0.1, 0.15) is 33.0 Å². The summed E-state index contributed by atoms with van der Waals surface area (Å²) >= 11 is 2.58. The molecule has 0 radical (unpaired) electrons. The van der Waals surface area contributed by atoms with Crippen LogP contribution in [-0.4, -0.2) is 54.1 Å². The van der Waals surface area contributed by atoms with Crippen molar-refractivity contribution in [2.45, 2.75) is 10.1 Å². The third-order valence-corrected chi connectivity index (χ3v) is 6.84. The Bertz CT molecular complexity index is 1420. The smallest absolute Gasteiger partial charge is 0.234 e. The predicted octanol–water partition coefficient (Wildman–Crippen LogP) is 4.97. The number of nitrogens with zero attached hydrogens (tertiary/aromatic N) is 4. The zero-order valence-corrected chi connectivity index (χ0v) is 22.4. The summed E-state index contributed by atoms with van der Waals surface area (Å²) in [5, 5.41) is 27.2. The molecule has 0 fully saturated rings. The molecule has 2 heterocycles. The van der Waals surface area contributed by atoms with Gasteiger partial charge in [-0.3, -0.25) is 9.59 Å². The molecule has 2 amide bonds. The number of aromatic nitrogens is 6. The maximum Gasteiger partial charge on any atom is 0.234 e. The number of nitrogens with one attached hydrogen (secondary N) is 4. The van der Waals surface area contributed by atoms with Crippen molar-refractivity contribution in [2.24, 2.45) is 0 Å². The van der Waals surface area contributed by atoms with E-state index >= 15 is 0 Å². The number of carbonyl (C=O) groups is 2. The van der Waals surface area contributed by atoms with Crippen LogP contribution in [0.5, 0.6) is 23.0 Å². The highest BCUT2D eigenvalue weighted by molar-refractivity contribution is 8.00. The number of benzene rings is 3. The molecule has 0 aliphatic rings. The van der Waals surface area contributed by atoms with Gasteiger partial charge in [-0.2, -0.15) is 20.6 Å². The van der Waals surface area contributed by atoms with Gasteiger partial charge in [-0.1, -0.05) is 29.6 Å². The molecule has 12 nitrogen and oxygen atoms in total. The van der Waals surface area contributed by atoms with Crippen LogP contribution >= 0.6 is 23.5 Å².